The van der Waals surface area contributed by atoms with Gasteiger partial charge in [0, 0.05) is 12.8 Å². The van der Waals surface area contributed by atoms with Crippen molar-refractivity contribution in [2.75, 3.05) is 13.1 Å². The minimum absolute atomic E-state index is 0.0605. The van der Waals surface area contributed by atoms with Gasteiger partial charge in [0.1, 0.15) is 11.6 Å². The van der Waals surface area contributed by atoms with Crippen molar-refractivity contribution < 1.29 is 9.59 Å². The van der Waals surface area contributed by atoms with Crippen LogP contribution in [0.1, 0.15) is 47.0 Å². The van der Waals surface area contributed by atoms with Crippen LogP contribution in [0, 0.1) is 0 Å². The van der Waals surface area contributed by atoms with Crippen molar-refractivity contribution in [3.63, 3.8) is 0 Å². The fourth-order valence-electron chi connectivity index (χ4n) is 1.57. The summed E-state index contributed by atoms with van der Waals surface area (Å²) in [6, 6.07) is -0.121. The van der Waals surface area contributed by atoms with E-state index in [1.165, 1.54) is 0 Å². The molecule has 4 nitrogen and oxygen atoms in total. The molecule has 4 heteroatoms. The summed E-state index contributed by atoms with van der Waals surface area (Å²) < 4.78 is 0. The molecule has 0 aromatic heterocycles. The Labute approximate surface area is 105 Å². The first-order chi connectivity index (χ1) is 8.02. The maximum absolute atomic E-state index is 11.3. The molecule has 0 aliphatic rings. The summed E-state index contributed by atoms with van der Waals surface area (Å²) >= 11 is 0. The molecule has 0 fully saturated rings. The predicted octanol–water partition coefficient (Wildman–Crippen LogP) is 1.29. The number of ketones is 2. The van der Waals surface area contributed by atoms with Crippen molar-refractivity contribution >= 4 is 11.6 Å². The third kappa shape index (κ3) is 7.23. The standard InChI is InChI=1S/C13H26N2O2/c1-5-12(16)10(3)14-8-7-9-15-11(4)13(17)6-2/h10-11,14-15H,5-9H2,1-4H3. The highest BCUT2D eigenvalue weighted by Crippen LogP contribution is 1.92. The average Bonchev–Trinajstić information content (AvgIpc) is 2.35. The van der Waals surface area contributed by atoms with E-state index in [0.717, 1.165) is 19.5 Å². The van der Waals surface area contributed by atoms with Crippen LogP contribution in [0.2, 0.25) is 0 Å². The first-order valence-corrected chi connectivity index (χ1v) is 6.55. The van der Waals surface area contributed by atoms with Crippen molar-refractivity contribution in [3.8, 4) is 0 Å². The molecule has 0 amide bonds. The minimum Gasteiger partial charge on any atom is -0.308 e. The van der Waals surface area contributed by atoms with Crippen LogP contribution < -0.4 is 10.6 Å². The Bertz CT molecular complexity index is 218. The lowest BCUT2D eigenvalue weighted by Gasteiger charge is -2.14. The highest BCUT2D eigenvalue weighted by Gasteiger charge is 2.10. The zero-order valence-corrected chi connectivity index (χ0v) is 11.5. The molecule has 0 aliphatic carbocycles. The topological polar surface area (TPSA) is 58.2 Å². The molecule has 2 atom stereocenters. The van der Waals surface area contributed by atoms with E-state index in [2.05, 4.69) is 10.6 Å². The van der Waals surface area contributed by atoms with Crippen LogP contribution in [0.15, 0.2) is 0 Å². The molecule has 17 heavy (non-hydrogen) atoms. The van der Waals surface area contributed by atoms with Gasteiger partial charge in [0.25, 0.3) is 0 Å². The summed E-state index contributed by atoms with van der Waals surface area (Å²) in [7, 11) is 0. The third-order valence-corrected chi connectivity index (χ3v) is 2.92. The van der Waals surface area contributed by atoms with Gasteiger partial charge in [0.05, 0.1) is 12.1 Å². The summed E-state index contributed by atoms with van der Waals surface area (Å²) in [6.07, 6.45) is 2.07. The van der Waals surface area contributed by atoms with Crippen molar-refractivity contribution in [2.24, 2.45) is 0 Å². The van der Waals surface area contributed by atoms with Crippen LogP contribution in [0.25, 0.3) is 0 Å². The zero-order chi connectivity index (χ0) is 13.3. The number of rotatable bonds is 10. The Morgan fingerprint density at radius 2 is 1.24 bits per heavy atom. The summed E-state index contributed by atoms with van der Waals surface area (Å²) in [5.41, 5.74) is 0. The van der Waals surface area contributed by atoms with Crippen molar-refractivity contribution in [1.82, 2.24) is 10.6 Å². The third-order valence-electron chi connectivity index (χ3n) is 2.92. The summed E-state index contributed by atoms with van der Waals surface area (Å²) in [5.74, 6) is 0.486. The fraction of sp³-hybridized carbons (Fsp3) is 0.846. The second-order valence-corrected chi connectivity index (χ2v) is 4.34. The average molecular weight is 242 g/mol. The van der Waals surface area contributed by atoms with E-state index < -0.39 is 0 Å². The van der Waals surface area contributed by atoms with Gasteiger partial charge in [0.2, 0.25) is 0 Å². The molecule has 0 spiro atoms. The summed E-state index contributed by atoms with van der Waals surface area (Å²) in [4.78, 5) is 22.6. The molecule has 0 heterocycles. The molecular weight excluding hydrogens is 216 g/mol. The number of carbonyl (C=O) groups is 2. The number of nitrogens with one attached hydrogen (secondary N) is 2. The maximum atomic E-state index is 11.3. The van der Waals surface area contributed by atoms with Gasteiger partial charge in [-0.2, -0.15) is 0 Å². The molecule has 0 saturated heterocycles. The van der Waals surface area contributed by atoms with E-state index in [1.54, 1.807) is 0 Å². The first kappa shape index (κ1) is 16.3. The molecule has 100 valence electrons. The Balaban J connectivity index is 3.53. The molecule has 0 bridgehead atoms. The minimum atomic E-state index is -0.0605. The molecular formula is C13H26N2O2. The Morgan fingerprint density at radius 3 is 1.53 bits per heavy atom. The van der Waals surface area contributed by atoms with E-state index in [4.69, 9.17) is 0 Å². The molecule has 0 radical (unpaired) electrons. The van der Waals surface area contributed by atoms with E-state index in [9.17, 15) is 9.59 Å². The zero-order valence-electron chi connectivity index (χ0n) is 11.5. The molecule has 0 rings (SSSR count). The van der Waals surface area contributed by atoms with Gasteiger partial charge in [0.15, 0.2) is 0 Å². The van der Waals surface area contributed by atoms with E-state index >= 15 is 0 Å². The van der Waals surface area contributed by atoms with Gasteiger partial charge in [-0.3, -0.25) is 9.59 Å². The van der Waals surface area contributed by atoms with Crippen molar-refractivity contribution in [1.29, 1.82) is 0 Å². The molecule has 0 aromatic carbocycles. The number of Topliss-reactive ketones (excluding diaryl/α,β-unsaturated/α-hetero) is 2. The van der Waals surface area contributed by atoms with E-state index in [0.29, 0.717) is 12.8 Å². The van der Waals surface area contributed by atoms with Crippen LogP contribution in [0.5, 0.6) is 0 Å². The monoisotopic (exact) mass is 242 g/mol. The number of hydrogen-bond acceptors (Lipinski definition) is 4. The normalized spacial score (nSPS) is 14.4. The van der Waals surface area contributed by atoms with E-state index in [1.807, 2.05) is 27.7 Å². The van der Waals surface area contributed by atoms with Gasteiger partial charge >= 0.3 is 0 Å². The SMILES string of the molecule is CCC(=O)C(C)NCCCNC(C)C(=O)CC. The lowest BCUT2D eigenvalue weighted by molar-refractivity contribution is -0.121. The van der Waals surface area contributed by atoms with Crippen LogP contribution in [0.4, 0.5) is 0 Å². The van der Waals surface area contributed by atoms with Gasteiger partial charge in [-0.15, -0.1) is 0 Å². The van der Waals surface area contributed by atoms with Crippen LogP contribution in [0.3, 0.4) is 0 Å². The second-order valence-electron chi connectivity index (χ2n) is 4.34. The highest BCUT2D eigenvalue weighted by atomic mass is 16.1. The van der Waals surface area contributed by atoms with Gasteiger partial charge in [-0.1, -0.05) is 13.8 Å². The number of hydrogen-bond donors (Lipinski definition) is 2. The molecule has 2 unspecified atom stereocenters. The molecule has 2 N–H and O–H groups in total. The van der Waals surface area contributed by atoms with Gasteiger partial charge in [-0.25, -0.2) is 0 Å². The maximum Gasteiger partial charge on any atom is 0.149 e. The second kappa shape index (κ2) is 9.31. The first-order valence-electron chi connectivity index (χ1n) is 6.55. The van der Waals surface area contributed by atoms with Crippen LogP contribution in [-0.2, 0) is 9.59 Å². The molecule has 0 aliphatic heterocycles. The van der Waals surface area contributed by atoms with Gasteiger partial charge < -0.3 is 10.6 Å². The molecule has 0 saturated carbocycles. The highest BCUT2D eigenvalue weighted by molar-refractivity contribution is 5.83. The summed E-state index contributed by atoms with van der Waals surface area (Å²) in [6.45, 7) is 9.13. The largest absolute Gasteiger partial charge is 0.308 e. The van der Waals surface area contributed by atoms with Crippen molar-refractivity contribution in [3.05, 3.63) is 0 Å². The quantitative estimate of drug-likeness (QED) is 0.567. The fourth-order valence-corrected chi connectivity index (χ4v) is 1.57. The van der Waals surface area contributed by atoms with Gasteiger partial charge in [-0.05, 0) is 33.4 Å². The lowest BCUT2D eigenvalue weighted by atomic mass is 10.1. The molecule has 0 aromatic rings. The van der Waals surface area contributed by atoms with E-state index in [-0.39, 0.29) is 23.7 Å². The smallest absolute Gasteiger partial charge is 0.149 e. The Kier molecular flexibility index (Phi) is 8.90. The van der Waals surface area contributed by atoms with Crippen LogP contribution in [-0.4, -0.2) is 36.7 Å². The Morgan fingerprint density at radius 1 is 0.882 bits per heavy atom. The number of carbonyl (C=O) groups excluding carboxylic acids is 2. The predicted molar refractivity (Wildman–Crippen MR) is 70.1 cm³/mol. The van der Waals surface area contributed by atoms with Crippen LogP contribution >= 0.6 is 0 Å². The lowest BCUT2D eigenvalue weighted by Crippen LogP contribution is -2.38. The summed E-state index contributed by atoms with van der Waals surface area (Å²) in [5, 5.41) is 6.35. The Hall–Kier alpha value is -0.740. The van der Waals surface area contributed by atoms with Crippen molar-refractivity contribution in [2.45, 2.75) is 59.0 Å².